The highest BCUT2D eigenvalue weighted by molar-refractivity contribution is 6.43. The second-order valence-corrected chi connectivity index (χ2v) is 3.80. The number of benzene rings is 2. The molecule has 0 aliphatic carbocycles. The number of anilines is 2. The lowest BCUT2D eigenvalue weighted by molar-refractivity contribution is 1.55. The van der Waals surface area contributed by atoms with Crippen LogP contribution in [-0.4, -0.2) is 0 Å². The number of nitrogens with one attached hydrogen (secondary N) is 1. The van der Waals surface area contributed by atoms with Crippen LogP contribution in [0.3, 0.4) is 0 Å². The molecule has 0 saturated carbocycles. The molecule has 0 amide bonds. The van der Waals surface area contributed by atoms with Gasteiger partial charge in [-0.1, -0.05) is 41.4 Å². The maximum absolute atomic E-state index is 6.04. The molecule has 0 aromatic heterocycles. The summed E-state index contributed by atoms with van der Waals surface area (Å²) < 4.78 is 0. The highest BCUT2D eigenvalue weighted by atomic mass is 35.5. The topological polar surface area (TPSA) is 12.0 Å². The van der Waals surface area contributed by atoms with Crippen molar-refractivity contribution < 1.29 is 0 Å². The summed E-state index contributed by atoms with van der Waals surface area (Å²) >= 11 is 11.9. The Balaban J connectivity index is 2.29. The first-order valence-corrected chi connectivity index (χ1v) is 5.20. The lowest BCUT2D eigenvalue weighted by atomic mass is 10.2. The molecule has 0 atom stereocenters. The summed E-state index contributed by atoms with van der Waals surface area (Å²) in [6.45, 7) is 0. The Morgan fingerprint density at radius 2 is 1.73 bits per heavy atom. The predicted octanol–water partition coefficient (Wildman–Crippen LogP) is 4.54. The quantitative estimate of drug-likeness (QED) is 0.808. The van der Waals surface area contributed by atoms with E-state index in [2.05, 4.69) is 11.4 Å². The van der Waals surface area contributed by atoms with Crippen LogP contribution in [0.25, 0.3) is 0 Å². The Labute approximate surface area is 98.6 Å². The van der Waals surface area contributed by atoms with Crippen molar-refractivity contribution >= 4 is 34.6 Å². The third-order valence-electron chi connectivity index (χ3n) is 1.95. The Morgan fingerprint density at radius 1 is 1.00 bits per heavy atom. The molecule has 0 aliphatic heterocycles. The number of hydrogen-bond acceptors (Lipinski definition) is 1. The van der Waals surface area contributed by atoms with Crippen LogP contribution in [0, 0.1) is 6.07 Å². The van der Waals surface area contributed by atoms with Crippen molar-refractivity contribution in [3.05, 3.63) is 58.6 Å². The molecule has 0 unspecified atom stereocenters. The highest BCUT2D eigenvalue weighted by Crippen LogP contribution is 2.31. The maximum Gasteiger partial charge on any atom is 0.0827 e. The molecule has 0 spiro atoms. The molecule has 2 aromatic rings. The molecule has 0 saturated heterocycles. The fourth-order valence-corrected chi connectivity index (χ4v) is 1.57. The molecule has 75 valence electrons. The Hall–Kier alpha value is -1.18. The minimum Gasteiger partial charge on any atom is -0.354 e. The zero-order chi connectivity index (χ0) is 10.7. The van der Waals surface area contributed by atoms with Gasteiger partial charge in [0.25, 0.3) is 0 Å². The van der Waals surface area contributed by atoms with E-state index in [4.69, 9.17) is 23.2 Å². The van der Waals surface area contributed by atoms with Gasteiger partial charge in [0.15, 0.2) is 0 Å². The van der Waals surface area contributed by atoms with Gasteiger partial charge >= 0.3 is 0 Å². The van der Waals surface area contributed by atoms with E-state index in [9.17, 15) is 0 Å². The lowest BCUT2D eigenvalue weighted by Gasteiger charge is -2.08. The van der Waals surface area contributed by atoms with E-state index < -0.39 is 0 Å². The number of halogens is 2. The summed E-state index contributed by atoms with van der Waals surface area (Å²) in [6, 6.07) is 15.9. The molecule has 1 radical (unpaired) electrons. The van der Waals surface area contributed by atoms with Crippen molar-refractivity contribution in [1.29, 1.82) is 0 Å². The van der Waals surface area contributed by atoms with Crippen molar-refractivity contribution in [1.82, 2.24) is 0 Å². The van der Waals surface area contributed by atoms with Gasteiger partial charge in [-0.05, 0) is 30.3 Å². The van der Waals surface area contributed by atoms with E-state index in [1.165, 1.54) is 0 Å². The molecule has 15 heavy (non-hydrogen) atoms. The number of hydrogen-bond donors (Lipinski definition) is 1. The van der Waals surface area contributed by atoms with Crippen LogP contribution in [-0.2, 0) is 0 Å². The van der Waals surface area contributed by atoms with Gasteiger partial charge in [-0.15, -0.1) is 0 Å². The average molecular weight is 237 g/mol. The number of rotatable bonds is 2. The molecule has 1 nitrogen and oxygen atoms in total. The Morgan fingerprint density at radius 3 is 2.47 bits per heavy atom. The van der Waals surface area contributed by atoms with Crippen LogP contribution in [0.2, 0.25) is 10.0 Å². The van der Waals surface area contributed by atoms with Crippen molar-refractivity contribution in [2.45, 2.75) is 0 Å². The third kappa shape index (κ3) is 2.44. The fraction of sp³-hybridized carbons (Fsp3) is 0. The van der Waals surface area contributed by atoms with Crippen molar-refractivity contribution in [2.24, 2.45) is 0 Å². The summed E-state index contributed by atoms with van der Waals surface area (Å²) in [7, 11) is 0. The predicted molar refractivity (Wildman–Crippen MR) is 65.0 cm³/mol. The SMILES string of the molecule is Clc1cccc(Nc2cc[c]cc2)c1Cl. The van der Waals surface area contributed by atoms with Crippen LogP contribution < -0.4 is 5.32 Å². The van der Waals surface area contributed by atoms with Crippen LogP contribution in [0.4, 0.5) is 11.4 Å². The minimum atomic E-state index is 0.534. The molecule has 0 fully saturated rings. The van der Waals surface area contributed by atoms with E-state index in [0.29, 0.717) is 10.0 Å². The van der Waals surface area contributed by atoms with E-state index in [0.717, 1.165) is 11.4 Å². The summed E-state index contributed by atoms with van der Waals surface area (Å²) in [5.74, 6) is 0. The first-order valence-electron chi connectivity index (χ1n) is 4.44. The highest BCUT2D eigenvalue weighted by Gasteiger charge is 2.03. The second-order valence-electron chi connectivity index (χ2n) is 3.02. The Bertz CT molecular complexity index is 454. The van der Waals surface area contributed by atoms with Gasteiger partial charge < -0.3 is 5.32 Å². The molecule has 2 aromatic carbocycles. The fourth-order valence-electron chi connectivity index (χ4n) is 1.23. The maximum atomic E-state index is 6.04. The summed E-state index contributed by atoms with van der Waals surface area (Å²) in [4.78, 5) is 0. The lowest BCUT2D eigenvalue weighted by Crippen LogP contribution is -1.90. The molecule has 3 heteroatoms. The van der Waals surface area contributed by atoms with E-state index >= 15 is 0 Å². The standard InChI is InChI=1S/C12H8Cl2N/c13-10-7-4-8-11(12(10)14)15-9-5-2-1-3-6-9/h2-8,15H. The zero-order valence-corrected chi connectivity index (χ0v) is 9.31. The largest absolute Gasteiger partial charge is 0.354 e. The first kappa shape index (κ1) is 10.3. The van der Waals surface area contributed by atoms with Crippen molar-refractivity contribution in [3.8, 4) is 0 Å². The van der Waals surface area contributed by atoms with Crippen LogP contribution >= 0.6 is 23.2 Å². The summed E-state index contributed by atoms with van der Waals surface area (Å²) in [5, 5.41) is 4.26. The second kappa shape index (κ2) is 4.56. The zero-order valence-electron chi connectivity index (χ0n) is 7.80. The van der Waals surface area contributed by atoms with Crippen molar-refractivity contribution in [3.63, 3.8) is 0 Å². The van der Waals surface area contributed by atoms with Gasteiger partial charge in [0.1, 0.15) is 0 Å². The molecule has 1 N–H and O–H groups in total. The van der Waals surface area contributed by atoms with Gasteiger partial charge in [0.2, 0.25) is 0 Å². The smallest absolute Gasteiger partial charge is 0.0827 e. The summed E-state index contributed by atoms with van der Waals surface area (Å²) in [6.07, 6.45) is 0. The average Bonchev–Trinajstić information content (AvgIpc) is 2.26. The van der Waals surface area contributed by atoms with Gasteiger partial charge in [0.05, 0.1) is 15.7 Å². The van der Waals surface area contributed by atoms with E-state index in [-0.39, 0.29) is 0 Å². The van der Waals surface area contributed by atoms with Crippen LogP contribution in [0.15, 0.2) is 42.5 Å². The molecule has 2 rings (SSSR count). The molecular weight excluding hydrogens is 229 g/mol. The van der Waals surface area contributed by atoms with E-state index in [1.54, 1.807) is 6.07 Å². The van der Waals surface area contributed by atoms with Crippen LogP contribution in [0.1, 0.15) is 0 Å². The third-order valence-corrected chi connectivity index (χ3v) is 2.77. The molecular formula is C12H8Cl2N. The Kier molecular flexibility index (Phi) is 3.14. The van der Waals surface area contributed by atoms with Gasteiger partial charge in [-0.3, -0.25) is 0 Å². The summed E-state index contributed by atoms with van der Waals surface area (Å²) in [5.41, 5.74) is 1.76. The van der Waals surface area contributed by atoms with Gasteiger partial charge in [0, 0.05) is 5.69 Å². The normalized spacial score (nSPS) is 10.0. The van der Waals surface area contributed by atoms with Crippen LogP contribution in [0.5, 0.6) is 0 Å². The minimum absolute atomic E-state index is 0.534. The molecule has 0 aliphatic rings. The van der Waals surface area contributed by atoms with Gasteiger partial charge in [-0.2, -0.15) is 0 Å². The molecule has 0 heterocycles. The van der Waals surface area contributed by atoms with Gasteiger partial charge in [-0.25, -0.2) is 0 Å². The van der Waals surface area contributed by atoms with Crippen molar-refractivity contribution in [2.75, 3.05) is 5.32 Å². The van der Waals surface area contributed by atoms with E-state index in [1.807, 2.05) is 36.4 Å². The first-order chi connectivity index (χ1) is 7.27. The monoisotopic (exact) mass is 236 g/mol. The molecule has 0 bridgehead atoms.